The van der Waals surface area contributed by atoms with Crippen LogP contribution in [0.5, 0.6) is 5.88 Å². The molecule has 0 unspecified atom stereocenters. The Morgan fingerprint density at radius 2 is 1.44 bits per heavy atom. The summed E-state index contributed by atoms with van der Waals surface area (Å²) in [5, 5.41) is 2.89. The number of amides is 3. The summed E-state index contributed by atoms with van der Waals surface area (Å²) < 4.78 is 5.75. The van der Waals surface area contributed by atoms with Crippen LogP contribution in [0.1, 0.15) is 47.8 Å². The topological polar surface area (TPSA) is 88.6 Å². The van der Waals surface area contributed by atoms with Crippen molar-refractivity contribution >= 4 is 17.7 Å². The number of pyridine rings is 1. The number of carbonyl (C=O) groups is 3. The van der Waals surface area contributed by atoms with Gasteiger partial charge in [-0.25, -0.2) is 4.98 Å². The quantitative estimate of drug-likeness (QED) is 0.381. The normalized spacial score (nSPS) is 12.4. The van der Waals surface area contributed by atoms with Gasteiger partial charge >= 0.3 is 0 Å². The molecule has 0 spiro atoms. The number of ether oxygens (including phenoxy) is 1. The molecule has 5 rings (SSSR count). The predicted octanol–water partition coefficient (Wildman–Crippen LogP) is 4.39. The Morgan fingerprint density at radius 3 is 2.14 bits per heavy atom. The summed E-state index contributed by atoms with van der Waals surface area (Å²) in [4.78, 5) is 43.2. The molecule has 7 nitrogen and oxygen atoms in total. The number of imide groups is 1. The van der Waals surface area contributed by atoms with Crippen LogP contribution in [0.25, 0.3) is 0 Å². The molecule has 0 atom stereocenters. The Hall–Kier alpha value is -4.78. The fourth-order valence-corrected chi connectivity index (χ4v) is 3.98. The zero-order valence-corrected chi connectivity index (χ0v) is 19.4. The molecule has 0 aliphatic carbocycles. The van der Waals surface area contributed by atoms with E-state index < -0.39 is 0 Å². The minimum atomic E-state index is -0.304. The number of aromatic nitrogens is 1. The van der Waals surface area contributed by atoms with Gasteiger partial charge in [0, 0.05) is 24.4 Å². The molecule has 0 radical (unpaired) electrons. The maximum atomic E-state index is 12.6. The van der Waals surface area contributed by atoms with Crippen molar-refractivity contribution in [2.24, 2.45) is 0 Å². The molecule has 178 valence electrons. The third kappa shape index (κ3) is 5.00. The first-order valence-electron chi connectivity index (χ1n) is 11.5. The SMILES string of the molecule is O=C(NCc1ccnc(OCc2ccccc2)c1)c1ccc(CN2C(=O)c3ccccc3C2=O)cc1. The van der Waals surface area contributed by atoms with E-state index in [0.717, 1.165) is 16.7 Å². The van der Waals surface area contributed by atoms with Crippen molar-refractivity contribution in [1.82, 2.24) is 15.2 Å². The van der Waals surface area contributed by atoms with Crippen LogP contribution in [-0.2, 0) is 19.7 Å². The molecule has 36 heavy (non-hydrogen) atoms. The van der Waals surface area contributed by atoms with Crippen LogP contribution in [0.2, 0.25) is 0 Å². The summed E-state index contributed by atoms with van der Waals surface area (Å²) in [5.41, 5.74) is 3.99. The highest BCUT2D eigenvalue weighted by Crippen LogP contribution is 2.24. The Labute approximate surface area is 208 Å². The minimum absolute atomic E-state index is 0.150. The second kappa shape index (κ2) is 10.2. The van der Waals surface area contributed by atoms with Gasteiger partial charge in [-0.2, -0.15) is 0 Å². The molecule has 4 aromatic rings. The number of carbonyl (C=O) groups excluding carboxylic acids is 3. The molecule has 1 aliphatic rings. The average molecular weight is 478 g/mol. The number of hydrogen-bond donors (Lipinski definition) is 1. The van der Waals surface area contributed by atoms with E-state index in [-0.39, 0.29) is 24.3 Å². The highest BCUT2D eigenvalue weighted by Gasteiger charge is 2.34. The summed E-state index contributed by atoms with van der Waals surface area (Å²) in [7, 11) is 0. The van der Waals surface area contributed by atoms with Gasteiger partial charge in [-0.1, -0.05) is 54.6 Å². The van der Waals surface area contributed by atoms with Crippen molar-refractivity contribution in [2.75, 3.05) is 0 Å². The van der Waals surface area contributed by atoms with Gasteiger partial charge < -0.3 is 10.1 Å². The second-order valence-electron chi connectivity index (χ2n) is 8.40. The predicted molar refractivity (Wildman–Crippen MR) is 133 cm³/mol. The second-order valence-corrected chi connectivity index (χ2v) is 8.40. The molecule has 0 saturated carbocycles. The van der Waals surface area contributed by atoms with E-state index in [4.69, 9.17) is 4.74 Å². The van der Waals surface area contributed by atoms with Gasteiger partial charge in [0.2, 0.25) is 5.88 Å². The fourth-order valence-electron chi connectivity index (χ4n) is 3.98. The number of benzene rings is 3. The van der Waals surface area contributed by atoms with Gasteiger partial charge in [-0.15, -0.1) is 0 Å². The van der Waals surface area contributed by atoms with Gasteiger partial charge in [-0.05, 0) is 47.0 Å². The van der Waals surface area contributed by atoms with Gasteiger partial charge in [0.1, 0.15) is 6.61 Å². The summed E-state index contributed by atoms with van der Waals surface area (Å²) >= 11 is 0. The molecule has 7 heteroatoms. The molecular formula is C29H23N3O4. The number of rotatable bonds is 8. The molecule has 1 N–H and O–H groups in total. The smallest absolute Gasteiger partial charge is 0.261 e. The maximum Gasteiger partial charge on any atom is 0.261 e. The standard InChI is InChI=1S/C29H23N3O4/c33-27(31-17-22-14-15-30-26(16-22)36-19-21-6-2-1-3-7-21)23-12-10-20(11-13-23)18-32-28(34)24-8-4-5-9-25(24)29(32)35/h1-16H,17-19H2,(H,31,33). The lowest BCUT2D eigenvalue weighted by atomic mass is 10.1. The number of nitrogens with one attached hydrogen (secondary N) is 1. The van der Waals surface area contributed by atoms with Crippen molar-refractivity contribution in [3.05, 3.63) is 131 Å². The lowest BCUT2D eigenvalue weighted by Crippen LogP contribution is -2.29. The van der Waals surface area contributed by atoms with E-state index in [0.29, 0.717) is 35.7 Å². The Morgan fingerprint density at radius 1 is 0.778 bits per heavy atom. The van der Waals surface area contributed by atoms with Crippen molar-refractivity contribution < 1.29 is 19.1 Å². The fraction of sp³-hybridized carbons (Fsp3) is 0.103. The van der Waals surface area contributed by atoms with Crippen LogP contribution < -0.4 is 10.1 Å². The van der Waals surface area contributed by atoms with Crippen molar-refractivity contribution in [3.63, 3.8) is 0 Å². The first-order valence-corrected chi connectivity index (χ1v) is 11.5. The first-order chi connectivity index (χ1) is 17.6. The largest absolute Gasteiger partial charge is 0.473 e. The van der Waals surface area contributed by atoms with Gasteiger partial charge in [0.25, 0.3) is 17.7 Å². The van der Waals surface area contributed by atoms with Gasteiger partial charge in [0.05, 0.1) is 17.7 Å². The Bertz CT molecular complexity index is 1380. The summed E-state index contributed by atoms with van der Waals surface area (Å²) in [6.45, 7) is 0.883. The molecule has 3 amide bonds. The van der Waals surface area contributed by atoms with E-state index in [9.17, 15) is 14.4 Å². The average Bonchev–Trinajstić information content (AvgIpc) is 3.17. The molecule has 0 saturated heterocycles. The molecule has 3 aromatic carbocycles. The highest BCUT2D eigenvalue weighted by atomic mass is 16.5. The zero-order valence-electron chi connectivity index (χ0n) is 19.4. The summed E-state index contributed by atoms with van der Waals surface area (Å²) in [6.07, 6.45) is 1.65. The number of fused-ring (bicyclic) bond motifs is 1. The molecule has 1 aromatic heterocycles. The van der Waals surface area contributed by atoms with Crippen LogP contribution in [0.15, 0.2) is 97.2 Å². The van der Waals surface area contributed by atoms with E-state index in [1.54, 1.807) is 60.8 Å². The van der Waals surface area contributed by atoms with E-state index in [1.165, 1.54) is 4.90 Å². The Balaban J connectivity index is 1.16. The summed E-state index contributed by atoms with van der Waals surface area (Å²) in [5.74, 6) is -0.349. The third-order valence-corrected chi connectivity index (χ3v) is 5.92. The van der Waals surface area contributed by atoms with E-state index >= 15 is 0 Å². The van der Waals surface area contributed by atoms with Crippen LogP contribution in [0.3, 0.4) is 0 Å². The molecule has 2 heterocycles. The lowest BCUT2D eigenvalue weighted by molar-refractivity contribution is 0.0641. The van der Waals surface area contributed by atoms with Crippen molar-refractivity contribution in [3.8, 4) is 5.88 Å². The minimum Gasteiger partial charge on any atom is -0.473 e. The maximum absolute atomic E-state index is 12.6. The number of hydrogen-bond acceptors (Lipinski definition) is 5. The van der Waals surface area contributed by atoms with E-state index in [2.05, 4.69) is 10.3 Å². The van der Waals surface area contributed by atoms with Crippen molar-refractivity contribution in [1.29, 1.82) is 0 Å². The monoisotopic (exact) mass is 477 g/mol. The third-order valence-electron chi connectivity index (χ3n) is 5.92. The first kappa shape index (κ1) is 23.0. The molecule has 1 aliphatic heterocycles. The molecular weight excluding hydrogens is 454 g/mol. The summed E-state index contributed by atoms with van der Waals surface area (Å²) in [6, 6.07) is 27.1. The molecule has 0 fully saturated rings. The van der Waals surface area contributed by atoms with Crippen LogP contribution in [-0.4, -0.2) is 27.6 Å². The zero-order chi connectivity index (χ0) is 24.9. The molecule has 0 bridgehead atoms. The van der Waals surface area contributed by atoms with Crippen molar-refractivity contribution in [2.45, 2.75) is 19.7 Å². The Kier molecular flexibility index (Phi) is 6.53. The highest BCUT2D eigenvalue weighted by molar-refractivity contribution is 6.21. The van der Waals surface area contributed by atoms with Crippen LogP contribution in [0, 0.1) is 0 Å². The van der Waals surface area contributed by atoms with Gasteiger partial charge in [-0.3, -0.25) is 19.3 Å². The lowest BCUT2D eigenvalue weighted by Gasteiger charge is -2.14. The van der Waals surface area contributed by atoms with E-state index in [1.807, 2.05) is 36.4 Å². The van der Waals surface area contributed by atoms with Gasteiger partial charge in [0.15, 0.2) is 0 Å². The van der Waals surface area contributed by atoms with Crippen LogP contribution >= 0.6 is 0 Å². The van der Waals surface area contributed by atoms with Crippen LogP contribution in [0.4, 0.5) is 0 Å². The number of nitrogens with zero attached hydrogens (tertiary/aromatic N) is 2.